The highest BCUT2D eigenvalue weighted by atomic mass is 14.1. The zero-order valence-corrected chi connectivity index (χ0v) is 27.5. The van der Waals surface area contributed by atoms with E-state index in [2.05, 4.69) is 194 Å². The van der Waals surface area contributed by atoms with Crippen molar-refractivity contribution in [2.75, 3.05) is 0 Å². The summed E-state index contributed by atoms with van der Waals surface area (Å²) in [6, 6.07) is 71.4. The fraction of sp³-hybridized carbons (Fsp3) is 0. The van der Waals surface area contributed by atoms with Gasteiger partial charge >= 0.3 is 0 Å². The summed E-state index contributed by atoms with van der Waals surface area (Å²) in [6.07, 6.45) is 0. The van der Waals surface area contributed by atoms with E-state index in [-0.39, 0.29) is 0 Å². The van der Waals surface area contributed by atoms with E-state index in [4.69, 9.17) is 0 Å². The van der Waals surface area contributed by atoms with Crippen molar-refractivity contribution < 1.29 is 0 Å². The molecule has 0 saturated carbocycles. The average molecular weight is 633 g/mol. The van der Waals surface area contributed by atoms with Gasteiger partial charge in [-0.1, -0.05) is 152 Å². The molecule has 0 unspecified atom stereocenters. The SMILES string of the molecule is c1cc(-c2ccc3ccccc3c2)cc(-c2ccc3cc(-c4ccc5cc(-c6cc7ccccc7c7ccccc67)ccc5c4)ccc3c2)c1. The summed E-state index contributed by atoms with van der Waals surface area (Å²) in [5.41, 5.74) is 9.92. The van der Waals surface area contributed by atoms with Crippen molar-refractivity contribution in [2.45, 2.75) is 0 Å². The van der Waals surface area contributed by atoms with E-state index in [1.807, 2.05) is 0 Å². The summed E-state index contributed by atoms with van der Waals surface area (Å²) in [4.78, 5) is 0. The highest BCUT2D eigenvalue weighted by molar-refractivity contribution is 6.14. The van der Waals surface area contributed by atoms with Crippen LogP contribution in [-0.4, -0.2) is 0 Å². The van der Waals surface area contributed by atoms with Gasteiger partial charge in [0.15, 0.2) is 0 Å². The Morgan fingerprint density at radius 1 is 0.180 bits per heavy atom. The highest BCUT2D eigenvalue weighted by Crippen LogP contribution is 2.37. The van der Waals surface area contributed by atoms with Crippen molar-refractivity contribution in [2.24, 2.45) is 0 Å². The maximum absolute atomic E-state index is 2.34. The molecule has 0 aliphatic carbocycles. The molecule has 10 aromatic rings. The van der Waals surface area contributed by atoms with Crippen LogP contribution in [0.25, 0.3) is 98.4 Å². The first-order valence-corrected chi connectivity index (χ1v) is 17.3. The molecule has 0 heteroatoms. The second kappa shape index (κ2) is 11.6. The Balaban J connectivity index is 0.965. The largest absolute Gasteiger partial charge is 0.0616 e. The summed E-state index contributed by atoms with van der Waals surface area (Å²) in [5.74, 6) is 0. The van der Waals surface area contributed by atoms with E-state index in [1.54, 1.807) is 0 Å². The van der Waals surface area contributed by atoms with Crippen LogP contribution in [0.1, 0.15) is 0 Å². The fourth-order valence-electron chi connectivity index (χ4n) is 7.74. The van der Waals surface area contributed by atoms with Crippen molar-refractivity contribution in [1.82, 2.24) is 0 Å². The van der Waals surface area contributed by atoms with E-state index < -0.39 is 0 Å². The van der Waals surface area contributed by atoms with Crippen molar-refractivity contribution in [3.05, 3.63) is 194 Å². The second-order valence-electron chi connectivity index (χ2n) is 13.4. The Hall–Kier alpha value is -6.50. The number of hydrogen-bond donors (Lipinski definition) is 0. The lowest BCUT2D eigenvalue weighted by Crippen LogP contribution is -1.86. The van der Waals surface area contributed by atoms with Gasteiger partial charge in [-0.05, 0) is 141 Å². The summed E-state index contributed by atoms with van der Waals surface area (Å²) in [6.45, 7) is 0. The van der Waals surface area contributed by atoms with Crippen LogP contribution in [-0.2, 0) is 0 Å². The Morgan fingerprint density at radius 2 is 0.560 bits per heavy atom. The third kappa shape index (κ3) is 4.93. The molecule has 0 fully saturated rings. The fourth-order valence-corrected chi connectivity index (χ4v) is 7.74. The zero-order chi connectivity index (χ0) is 33.0. The molecule has 0 aliphatic heterocycles. The van der Waals surface area contributed by atoms with Crippen LogP contribution in [0.15, 0.2) is 194 Å². The predicted molar refractivity (Wildman–Crippen MR) is 216 cm³/mol. The van der Waals surface area contributed by atoms with E-state index >= 15 is 0 Å². The molecule has 0 nitrogen and oxygen atoms in total. The first kappa shape index (κ1) is 28.5. The molecule has 0 amide bonds. The van der Waals surface area contributed by atoms with Crippen LogP contribution < -0.4 is 0 Å². The topological polar surface area (TPSA) is 0 Å². The van der Waals surface area contributed by atoms with Crippen molar-refractivity contribution >= 4 is 53.9 Å². The molecule has 0 radical (unpaired) electrons. The van der Waals surface area contributed by atoms with E-state index in [0.29, 0.717) is 0 Å². The first-order valence-electron chi connectivity index (χ1n) is 17.3. The summed E-state index contributed by atoms with van der Waals surface area (Å²) in [7, 11) is 0. The second-order valence-corrected chi connectivity index (χ2v) is 13.4. The molecule has 0 aromatic heterocycles. The van der Waals surface area contributed by atoms with Gasteiger partial charge in [0.05, 0.1) is 0 Å². The average Bonchev–Trinajstić information content (AvgIpc) is 3.19. The molecular weight excluding hydrogens is 601 g/mol. The van der Waals surface area contributed by atoms with Gasteiger partial charge in [0.25, 0.3) is 0 Å². The van der Waals surface area contributed by atoms with Crippen molar-refractivity contribution in [1.29, 1.82) is 0 Å². The van der Waals surface area contributed by atoms with E-state index in [1.165, 1.54) is 98.4 Å². The van der Waals surface area contributed by atoms with Gasteiger partial charge in [0, 0.05) is 0 Å². The van der Waals surface area contributed by atoms with Crippen molar-refractivity contribution in [3.8, 4) is 44.5 Å². The van der Waals surface area contributed by atoms with Crippen LogP contribution in [0.5, 0.6) is 0 Å². The van der Waals surface area contributed by atoms with Gasteiger partial charge in [-0.2, -0.15) is 0 Å². The quantitative estimate of drug-likeness (QED) is 0.169. The minimum absolute atomic E-state index is 1.23. The molecule has 0 spiro atoms. The molecule has 232 valence electrons. The van der Waals surface area contributed by atoms with Gasteiger partial charge in [0.1, 0.15) is 0 Å². The lowest BCUT2D eigenvalue weighted by atomic mass is 9.91. The maximum Gasteiger partial charge on any atom is -0.00988 e. The molecule has 50 heavy (non-hydrogen) atoms. The van der Waals surface area contributed by atoms with Crippen LogP contribution in [0.4, 0.5) is 0 Å². The minimum Gasteiger partial charge on any atom is -0.0616 e. The summed E-state index contributed by atoms with van der Waals surface area (Å²) >= 11 is 0. The van der Waals surface area contributed by atoms with Gasteiger partial charge in [0.2, 0.25) is 0 Å². The number of rotatable bonds is 4. The monoisotopic (exact) mass is 632 g/mol. The van der Waals surface area contributed by atoms with Gasteiger partial charge in [-0.15, -0.1) is 0 Å². The van der Waals surface area contributed by atoms with Gasteiger partial charge < -0.3 is 0 Å². The van der Waals surface area contributed by atoms with E-state index in [0.717, 1.165) is 0 Å². The number of hydrogen-bond acceptors (Lipinski definition) is 0. The van der Waals surface area contributed by atoms with Crippen LogP contribution in [0.2, 0.25) is 0 Å². The Bertz CT molecular complexity index is 2930. The molecule has 0 N–H and O–H groups in total. The van der Waals surface area contributed by atoms with Gasteiger partial charge in [-0.25, -0.2) is 0 Å². The third-order valence-corrected chi connectivity index (χ3v) is 10.4. The minimum atomic E-state index is 1.23. The van der Waals surface area contributed by atoms with Gasteiger partial charge in [-0.3, -0.25) is 0 Å². The van der Waals surface area contributed by atoms with Crippen LogP contribution >= 0.6 is 0 Å². The first-order chi connectivity index (χ1) is 24.7. The summed E-state index contributed by atoms with van der Waals surface area (Å²) < 4.78 is 0. The molecule has 0 atom stereocenters. The normalized spacial score (nSPS) is 11.6. The van der Waals surface area contributed by atoms with Crippen LogP contribution in [0, 0.1) is 0 Å². The standard InChI is InChI=1S/C50H32/c1-2-9-34-26-37(17-16-33(34)8-1)35-11-7-12-36(27-35)38-18-19-40-29-41(21-20-39(40)28-38)42-22-23-44-31-46(25-24-43(44)30-42)50-32-45-10-3-4-13-47(45)48-14-5-6-15-49(48)50/h1-32H. The lowest BCUT2D eigenvalue weighted by molar-refractivity contribution is 1.61. The molecule has 0 heterocycles. The highest BCUT2D eigenvalue weighted by Gasteiger charge is 2.10. The predicted octanol–water partition coefficient (Wildman–Crippen LogP) is 14.1. The Labute approximate surface area is 291 Å². The zero-order valence-electron chi connectivity index (χ0n) is 27.5. The van der Waals surface area contributed by atoms with Crippen molar-refractivity contribution in [3.63, 3.8) is 0 Å². The van der Waals surface area contributed by atoms with E-state index in [9.17, 15) is 0 Å². The third-order valence-electron chi connectivity index (χ3n) is 10.4. The molecule has 0 aliphatic rings. The molecule has 0 bridgehead atoms. The smallest absolute Gasteiger partial charge is 0.00988 e. The van der Waals surface area contributed by atoms with Crippen LogP contribution in [0.3, 0.4) is 0 Å². The maximum atomic E-state index is 2.34. The number of fused-ring (bicyclic) bond motifs is 6. The molecular formula is C50H32. The Morgan fingerprint density at radius 3 is 1.14 bits per heavy atom. The number of benzene rings is 10. The Kier molecular flexibility index (Phi) is 6.60. The summed E-state index contributed by atoms with van der Waals surface area (Å²) in [5, 5.41) is 12.7. The molecule has 10 rings (SSSR count). The molecule has 10 aromatic carbocycles. The molecule has 0 saturated heterocycles. The lowest BCUT2D eigenvalue weighted by Gasteiger charge is -2.12.